The number of aliphatic hydroxyl groups is 1. The Morgan fingerprint density at radius 3 is 2.62 bits per heavy atom. The summed E-state index contributed by atoms with van der Waals surface area (Å²) in [6, 6.07) is 5.03. The van der Waals surface area contributed by atoms with Crippen LogP contribution in [0.4, 0.5) is 18.9 Å². The molecule has 0 bridgehead atoms. The van der Waals surface area contributed by atoms with Crippen LogP contribution in [0.25, 0.3) is 0 Å². The van der Waals surface area contributed by atoms with Gasteiger partial charge in [0, 0.05) is 16.3 Å². The maximum Gasteiger partial charge on any atom is 0.415 e. The molecule has 0 aromatic heterocycles. The van der Waals surface area contributed by atoms with Crippen molar-refractivity contribution in [2.45, 2.75) is 24.1 Å². The molecule has 90 valence electrons. The summed E-state index contributed by atoms with van der Waals surface area (Å²) in [5.74, 6) is -0.423. The van der Waals surface area contributed by atoms with Crippen molar-refractivity contribution in [2.75, 3.05) is 11.5 Å². The molecule has 1 atom stereocenters. The number of thioether (sulfide) groups is 1. The van der Waals surface area contributed by atoms with Gasteiger partial charge in [0.05, 0.1) is 0 Å². The molecule has 3 N–H and O–H groups in total. The van der Waals surface area contributed by atoms with Crippen LogP contribution < -0.4 is 5.73 Å². The van der Waals surface area contributed by atoms with Gasteiger partial charge in [0.25, 0.3) is 0 Å². The van der Waals surface area contributed by atoms with E-state index in [1.165, 1.54) is 0 Å². The normalized spacial score (nSPS) is 13.8. The highest BCUT2D eigenvalue weighted by atomic mass is 32.2. The maximum absolute atomic E-state index is 12.0. The number of anilines is 1. The molecule has 1 aromatic carbocycles. The van der Waals surface area contributed by atoms with Gasteiger partial charge in [-0.05, 0) is 24.6 Å². The molecule has 0 radical (unpaired) electrons. The standard InChI is InChI=1S/C10H12F3NOS/c1-6-7(14)3-2-4-8(6)16-5-9(15)10(11,12)13/h2-4,9,15H,5,14H2,1H3. The van der Waals surface area contributed by atoms with Crippen LogP contribution in [0.15, 0.2) is 23.1 Å². The predicted octanol–water partition coefficient (Wildman–Crippen LogP) is 2.59. The van der Waals surface area contributed by atoms with Crippen molar-refractivity contribution in [1.29, 1.82) is 0 Å². The minimum Gasteiger partial charge on any atom is -0.398 e. The average Bonchev–Trinajstić information content (AvgIpc) is 2.18. The molecular weight excluding hydrogens is 239 g/mol. The first-order valence-electron chi connectivity index (χ1n) is 4.55. The van der Waals surface area contributed by atoms with Crippen molar-refractivity contribution in [1.82, 2.24) is 0 Å². The maximum atomic E-state index is 12.0. The molecule has 0 aliphatic rings. The van der Waals surface area contributed by atoms with E-state index in [-0.39, 0.29) is 0 Å². The van der Waals surface area contributed by atoms with E-state index in [1.807, 2.05) is 0 Å². The van der Waals surface area contributed by atoms with Crippen LogP contribution in [0.3, 0.4) is 0 Å². The summed E-state index contributed by atoms with van der Waals surface area (Å²) >= 11 is 0.946. The molecule has 0 fully saturated rings. The number of nitrogens with two attached hydrogens (primary N) is 1. The first kappa shape index (κ1) is 13.2. The van der Waals surface area contributed by atoms with Gasteiger partial charge in [-0.3, -0.25) is 0 Å². The molecule has 6 heteroatoms. The van der Waals surface area contributed by atoms with Crippen LogP contribution in [0.1, 0.15) is 5.56 Å². The average molecular weight is 251 g/mol. The van der Waals surface area contributed by atoms with Crippen LogP contribution in [0.5, 0.6) is 0 Å². The van der Waals surface area contributed by atoms with E-state index in [0.717, 1.165) is 17.3 Å². The molecule has 0 spiro atoms. The zero-order valence-electron chi connectivity index (χ0n) is 8.58. The Morgan fingerprint density at radius 1 is 1.44 bits per heavy atom. The van der Waals surface area contributed by atoms with Crippen LogP contribution in [0, 0.1) is 6.92 Å². The summed E-state index contributed by atoms with van der Waals surface area (Å²) in [6.07, 6.45) is -6.88. The Morgan fingerprint density at radius 2 is 2.06 bits per heavy atom. The highest BCUT2D eigenvalue weighted by Crippen LogP contribution is 2.30. The molecule has 0 aliphatic heterocycles. The van der Waals surface area contributed by atoms with E-state index in [1.54, 1.807) is 25.1 Å². The van der Waals surface area contributed by atoms with Gasteiger partial charge in [-0.15, -0.1) is 11.8 Å². The van der Waals surface area contributed by atoms with Crippen LogP contribution in [0.2, 0.25) is 0 Å². The van der Waals surface area contributed by atoms with E-state index in [2.05, 4.69) is 0 Å². The number of alkyl halides is 3. The molecule has 1 aromatic rings. The Balaban J connectivity index is 2.65. The quantitative estimate of drug-likeness (QED) is 0.641. The number of benzene rings is 1. The van der Waals surface area contributed by atoms with Crippen molar-refractivity contribution < 1.29 is 18.3 Å². The smallest absolute Gasteiger partial charge is 0.398 e. The van der Waals surface area contributed by atoms with Crippen molar-refractivity contribution in [3.8, 4) is 0 Å². The summed E-state index contributed by atoms with van der Waals surface area (Å²) in [5.41, 5.74) is 6.89. The molecule has 16 heavy (non-hydrogen) atoms. The first-order valence-corrected chi connectivity index (χ1v) is 5.53. The van der Waals surface area contributed by atoms with Crippen LogP contribution in [-0.2, 0) is 0 Å². The summed E-state index contributed by atoms with van der Waals surface area (Å²) in [5, 5.41) is 8.83. The monoisotopic (exact) mass is 251 g/mol. The molecule has 0 saturated heterocycles. The number of halogens is 3. The largest absolute Gasteiger partial charge is 0.415 e. The molecule has 2 nitrogen and oxygen atoms in total. The first-order chi connectivity index (χ1) is 7.32. The number of rotatable bonds is 3. The van der Waals surface area contributed by atoms with Gasteiger partial charge in [-0.25, -0.2) is 0 Å². The summed E-state index contributed by atoms with van der Waals surface area (Å²) in [4.78, 5) is 0.656. The fraction of sp³-hybridized carbons (Fsp3) is 0.400. The van der Waals surface area contributed by atoms with Gasteiger partial charge < -0.3 is 10.8 Å². The van der Waals surface area contributed by atoms with Gasteiger partial charge >= 0.3 is 6.18 Å². The van der Waals surface area contributed by atoms with Gasteiger partial charge in [-0.2, -0.15) is 13.2 Å². The Labute approximate surface area is 95.6 Å². The Kier molecular flexibility index (Phi) is 4.09. The van der Waals surface area contributed by atoms with Crippen molar-refractivity contribution in [3.05, 3.63) is 23.8 Å². The summed E-state index contributed by atoms with van der Waals surface area (Å²) < 4.78 is 36.1. The van der Waals surface area contributed by atoms with E-state index in [9.17, 15) is 13.2 Å². The SMILES string of the molecule is Cc1c(N)cccc1SCC(O)C(F)(F)F. The van der Waals surface area contributed by atoms with Gasteiger partial charge in [0.1, 0.15) is 0 Å². The third kappa shape index (κ3) is 3.31. The van der Waals surface area contributed by atoms with Gasteiger partial charge in [0.15, 0.2) is 6.10 Å². The predicted molar refractivity (Wildman–Crippen MR) is 58.4 cm³/mol. The third-order valence-electron chi connectivity index (χ3n) is 2.10. The van der Waals surface area contributed by atoms with Crippen LogP contribution in [-0.4, -0.2) is 23.1 Å². The zero-order chi connectivity index (χ0) is 12.3. The van der Waals surface area contributed by atoms with E-state index in [4.69, 9.17) is 10.8 Å². The summed E-state index contributed by atoms with van der Waals surface area (Å²) in [6.45, 7) is 1.73. The Hall–Kier alpha value is -0.880. The second-order valence-electron chi connectivity index (χ2n) is 3.34. The lowest BCUT2D eigenvalue weighted by Crippen LogP contribution is -2.30. The molecule has 0 heterocycles. The highest BCUT2D eigenvalue weighted by molar-refractivity contribution is 7.99. The third-order valence-corrected chi connectivity index (χ3v) is 3.34. The minimum atomic E-state index is -4.57. The topological polar surface area (TPSA) is 46.2 Å². The lowest BCUT2D eigenvalue weighted by Gasteiger charge is -2.14. The second kappa shape index (κ2) is 4.97. The van der Waals surface area contributed by atoms with Crippen LogP contribution >= 0.6 is 11.8 Å². The minimum absolute atomic E-state index is 0.423. The molecular formula is C10H12F3NOS. The van der Waals surface area contributed by atoms with Crippen molar-refractivity contribution in [2.24, 2.45) is 0 Å². The fourth-order valence-corrected chi connectivity index (χ4v) is 2.09. The van der Waals surface area contributed by atoms with E-state index < -0.39 is 18.0 Å². The lowest BCUT2D eigenvalue weighted by molar-refractivity contribution is -0.195. The molecule has 0 amide bonds. The Bertz CT molecular complexity index is 368. The number of nitrogen functional groups attached to an aromatic ring is 1. The van der Waals surface area contributed by atoms with Gasteiger partial charge in [-0.1, -0.05) is 6.07 Å². The highest BCUT2D eigenvalue weighted by Gasteiger charge is 2.37. The van der Waals surface area contributed by atoms with Crippen molar-refractivity contribution in [3.63, 3.8) is 0 Å². The number of hydrogen-bond acceptors (Lipinski definition) is 3. The summed E-state index contributed by atoms with van der Waals surface area (Å²) in [7, 11) is 0. The van der Waals surface area contributed by atoms with E-state index >= 15 is 0 Å². The number of hydrogen-bond donors (Lipinski definition) is 2. The number of aliphatic hydroxyl groups excluding tert-OH is 1. The molecule has 0 saturated carbocycles. The molecule has 1 unspecified atom stereocenters. The van der Waals surface area contributed by atoms with E-state index in [0.29, 0.717) is 10.6 Å². The van der Waals surface area contributed by atoms with Crippen molar-refractivity contribution >= 4 is 17.4 Å². The zero-order valence-corrected chi connectivity index (χ0v) is 9.40. The lowest BCUT2D eigenvalue weighted by atomic mass is 10.2. The van der Waals surface area contributed by atoms with Gasteiger partial charge in [0.2, 0.25) is 0 Å². The molecule has 0 aliphatic carbocycles. The fourth-order valence-electron chi connectivity index (χ4n) is 1.05. The molecule has 1 rings (SSSR count). The second-order valence-corrected chi connectivity index (χ2v) is 4.40.